The van der Waals surface area contributed by atoms with E-state index >= 15 is 0 Å². The van der Waals surface area contributed by atoms with E-state index in [1.54, 1.807) is 24.3 Å². The first kappa shape index (κ1) is 61.3. The van der Waals surface area contributed by atoms with Gasteiger partial charge in [-0.15, -0.1) is 0 Å². The van der Waals surface area contributed by atoms with Crippen LogP contribution in [0.3, 0.4) is 0 Å². The number of ether oxygens (including phenoxy) is 2. The van der Waals surface area contributed by atoms with Crippen molar-refractivity contribution in [2.24, 2.45) is 0 Å². The highest BCUT2D eigenvalue weighted by atomic mass is 79.9. The number of rotatable bonds is 32. The number of halogens is 4. The van der Waals surface area contributed by atoms with E-state index in [9.17, 15) is 19.2 Å². The summed E-state index contributed by atoms with van der Waals surface area (Å²) in [7, 11) is 0. The van der Waals surface area contributed by atoms with Gasteiger partial charge in [0.05, 0.1) is 42.1 Å². The van der Waals surface area contributed by atoms with Gasteiger partial charge >= 0.3 is 0 Å². The summed E-state index contributed by atoms with van der Waals surface area (Å²) in [6.45, 7) is 5.97. The van der Waals surface area contributed by atoms with Gasteiger partial charge in [-0.05, 0) is 124 Å². The molecule has 0 unspecified atom stereocenters. The standard InChI is InChI=1S/C40H68Br2N2O2.C9H5Br2NO2.C9H7NO2/c1-3-5-7-9-11-13-15-17-19-21-23-25-27-29-31-45-39-35(41)33-38-37(43-39)34-36(42)40(44-38)46-32-30-28-26-24-22-20-18-16-14-12-10-8-6-4-2;10-5-3-7-4(2-8(5)13)1-6(11)9(14)12-7;11-7-2-3-8-6(5-7)1-4-9(12)10-8/h33-34H,3-32H2,1-2H3;1,3H,2H2,(H,12,14);1-4H,5H2,(H,10,12). The molecule has 4 heterocycles. The summed E-state index contributed by atoms with van der Waals surface area (Å²) in [5.41, 5.74) is 4.49. The maximum Gasteiger partial charge on any atom is 0.262 e. The Bertz CT molecular complexity index is 2350. The van der Waals surface area contributed by atoms with Gasteiger partial charge in [0.1, 0.15) is 0 Å². The Kier molecular flexibility index (Phi) is 31.3. The van der Waals surface area contributed by atoms with E-state index in [0.29, 0.717) is 52.5 Å². The summed E-state index contributed by atoms with van der Waals surface area (Å²) in [5.74, 6) is 1.39. The molecule has 72 heavy (non-hydrogen) atoms. The van der Waals surface area contributed by atoms with E-state index in [4.69, 9.17) is 19.4 Å². The maximum atomic E-state index is 11.3. The second-order valence-corrected chi connectivity index (χ2v) is 22.6. The number of hydrogen-bond donors (Lipinski definition) is 2. The molecule has 2 N–H and O–H groups in total. The number of Topliss-reactive ketones (excluding diaryl/α,β-unsaturated/α-hetero) is 1. The minimum atomic E-state index is -0.186. The summed E-state index contributed by atoms with van der Waals surface area (Å²) in [6.07, 6.45) is 43.5. The topological polar surface area (TPSA) is 144 Å². The first-order chi connectivity index (χ1) is 35.0. The second-order valence-electron chi connectivity index (χ2n) is 19.2. The quantitative estimate of drug-likeness (QED) is 0.0460. The molecule has 10 nitrogen and oxygen atoms in total. The van der Waals surface area contributed by atoms with Crippen molar-refractivity contribution in [2.75, 3.05) is 13.2 Å². The van der Waals surface area contributed by atoms with Crippen molar-refractivity contribution < 1.29 is 19.1 Å². The molecule has 14 heteroatoms. The number of fused-ring (bicyclic) bond motifs is 3. The van der Waals surface area contributed by atoms with Crippen LogP contribution in [0.15, 0.2) is 63.9 Å². The molecule has 0 fully saturated rings. The van der Waals surface area contributed by atoms with E-state index in [1.807, 2.05) is 12.1 Å². The van der Waals surface area contributed by atoms with E-state index in [2.05, 4.69) is 87.5 Å². The fourth-order valence-corrected chi connectivity index (χ4v) is 10.3. The predicted octanol–water partition coefficient (Wildman–Crippen LogP) is 17.4. The lowest BCUT2D eigenvalue weighted by Gasteiger charge is -2.11. The average Bonchev–Trinajstić information content (AvgIpc) is 3.36. The Morgan fingerprint density at radius 3 is 1.35 bits per heavy atom. The Balaban J connectivity index is 0.000000342. The molecule has 2 aliphatic carbocycles. The number of nitrogens with one attached hydrogen (secondary N) is 2. The van der Waals surface area contributed by atoms with Crippen molar-refractivity contribution in [2.45, 2.75) is 206 Å². The first-order valence-corrected chi connectivity index (χ1v) is 30.3. The average molecular weight is 1250 g/mol. The fraction of sp³-hybridized carbons (Fsp3) is 0.586. The van der Waals surface area contributed by atoms with Gasteiger partial charge in [-0.2, -0.15) is 0 Å². The molecule has 0 aromatic carbocycles. The van der Waals surface area contributed by atoms with Crippen LogP contribution in [0.2, 0.25) is 0 Å². The highest BCUT2D eigenvalue weighted by molar-refractivity contribution is 9.12. The molecule has 4 aromatic rings. The normalized spacial score (nSPS) is 12.7. The molecule has 2 aliphatic rings. The van der Waals surface area contributed by atoms with Gasteiger partial charge in [-0.25, -0.2) is 9.97 Å². The number of carbonyl (C=O) groups excluding carboxylic acids is 2. The lowest BCUT2D eigenvalue weighted by Crippen LogP contribution is -2.16. The SMILES string of the molecule is CCCCCCCCCCCCCCCCOc1nc2cc(Br)c(OCCCCCCCCCCCCCCCC)nc2cc1Br.O=C1C=Cc2[nH]c(=O)ccc2C1.O=C1Cc2cc(Br)c(=O)[nH]c2C=C1Br. The van der Waals surface area contributed by atoms with E-state index in [-0.39, 0.29) is 22.7 Å². The number of aromatic amines is 2. The monoisotopic (exact) mass is 1240 g/mol. The van der Waals surface area contributed by atoms with Crippen LogP contribution >= 0.6 is 63.7 Å². The van der Waals surface area contributed by atoms with Gasteiger partial charge < -0.3 is 19.4 Å². The number of pyridine rings is 4. The lowest BCUT2D eigenvalue weighted by atomic mass is 10.0. The largest absolute Gasteiger partial charge is 0.477 e. The number of hydrogen-bond acceptors (Lipinski definition) is 8. The third-order valence-electron chi connectivity index (χ3n) is 13.0. The van der Waals surface area contributed by atoms with Crippen molar-refractivity contribution in [1.29, 1.82) is 0 Å². The molecule has 4 aromatic heterocycles. The minimum Gasteiger partial charge on any atom is -0.477 e. The molecular formula is C58H80Br4N4O6. The Morgan fingerprint density at radius 1 is 0.472 bits per heavy atom. The molecule has 396 valence electrons. The molecule has 0 saturated heterocycles. The highest BCUT2D eigenvalue weighted by Gasteiger charge is 2.18. The van der Waals surface area contributed by atoms with Crippen molar-refractivity contribution >= 4 is 98.5 Å². The highest BCUT2D eigenvalue weighted by Crippen LogP contribution is 2.32. The van der Waals surface area contributed by atoms with Gasteiger partial charge in [0.15, 0.2) is 11.6 Å². The summed E-state index contributed by atoms with van der Waals surface area (Å²) >= 11 is 13.6. The van der Waals surface area contributed by atoms with Crippen molar-refractivity contribution in [3.8, 4) is 11.8 Å². The summed E-state index contributed by atoms with van der Waals surface area (Å²) < 4.78 is 14.7. The minimum absolute atomic E-state index is 0.0245. The smallest absolute Gasteiger partial charge is 0.262 e. The van der Waals surface area contributed by atoms with E-state index in [0.717, 1.165) is 49.6 Å². The molecule has 0 saturated carbocycles. The predicted molar refractivity (Wildman–Crippen MR) is 312 cm³/mol. The van der Waals surface area contributed by atoms with Crippen LogP contribution in [-0.2, 0) is 22.4 Å². The zero-order valence-electron chi connectivity index (χ0n) is 43.1. The van der Waals surface area contributed by atoms with Crippen LogP contribution in [0.4, 0.5) is 0 Å². The number of allylic oxidation sites excluding steroid dienone is 2. The zero-order valence-corrected chi connectivity index (χ0v) is 49.4. The molecular weight excluding hydrogens is 1170 g/mol. The summed E-state index contributed by atoms with van der Waals surface area (Å²) in [6, 6.07) is 8.80. The van der Waals surface area contributed by atoms with Crippen LogP contribution < -0.4 is 20.6 Å². The molecule has 0 spiro atoms. The fourth-order valence-electron chi connectivity index (χ4n) is 8.69. The third kappa shape index (κ3) is 24.4. The number of nitrogens with zero attached hydrogens (tertiary/aromatic N) is 2. The molecule has 0 radical (unpaired) electrons. The van der Waals surface area contributed by atoms with Crippen LogP contribution in [-0.4, -0.2) is 44.7 Å². The van der Waals surface area contributed by atoms with Gasteiger partial charge in [-0.1, -0.05) is 187 Å². The van der Waals surface area contributed by atoms with Crippen LogP contribution in [0, 0.1) is 0 Å². The number of ketones is 2. The number of H-pyrrole nitrogens is 2. The molecule has 0 atom stereocenters. The molecule has 0 bridgehead atoms. The van der Waals surface area contributed by atoms with Gasteiger partial charge in [0.2, 0.25) is 17.3 Å². The maximum absolute atomic E-state index is 11.3. The van der Waals surface area contributed by atoms with Gasteiger partial charge in [0.25, 0.3) is 5.56 Å². The molecule has 0 amide bonds. The third-order valence-corrected chi connectivity index (χ3v) is 15.4. The zero-order chi connectivity index (χ0) is 51.8. The van der Waals surface area contributed by atoms with Gasteiger partial charge in [0, 0.05) is 30.3 Å². The number of carbonyl (C=O) groups is 2. The summed E-state index contributed by atoms with van der Waals surface area (Å²) in [5, 5.41) is 0. The molecule has 0 aliphatic heterocycles. The van der Waals surface area contributed by atoms with Crippen LogP contribution in [0.1, 0.15) is 216 Å². The Hall–Kier alpha value is -3.20. The van der Waals surface area contributed by atoms with Crippen molar-refractivity contribution in [3.05, 3.63) is 97.5 Å². The van der Waals surface area contributed by atoms with Gasteiger partial charge in [-0.3, -0.25) is 19.2 Å². The van der Waals surface area contributed by atoms with Crippen LogP contribution in [0.25, 0.3) is 23.2 Å². The van der Waals surface area contributed by atoms with E-state index < -0.39 is 0 Å². The van der Waals surface area contributed by atoms with E-state index in [1.165, 1.54) is 179 Å². The van der Waals surface area contributed by atoms with Crippen molar-refractivity contribution in [3.63, 3.8) is 0 Å². The first-order valence-electron chi connectivity index (χ1n) is 27.2. The van der Waals surface area contributed by atoms with Crippen molar-refractivity contribution in [1.82, 2.24) is 19.9 Å². The second kappa shape index (κ2) is 36.7. The number of unbranched alkanes of at least 4 members (excludes halogenated alkanes) is 26. The lowest BCUT2D eigenvalue weighted by molar-refractivity contribution is -0.115. The Labute approximate surface area is 463 Å². The van der Waals surface area contributed by atoms with Crippen LogP contribution in [0.5, 0.6) is 11.8 Å². The number of aromatic nitrogens is 4. The molecule has 6 rings (SSSR count). The summed E-state index contributed by atoms with van der Waals surface area (Å²) in [4.78, 5) is 59.2. The Morgan fingerprint density at radius 2 is 0.903 bits per heavy atom.